The quantitative estimate of drug-likeness (QED) is 0.409. The van der Waals surface area contributed by atoms with Crippen molar-refractivity contribution in [2.24, 2.45) is 27.4 Å². The van der Waals surface area contributed by atoms with E-state index in [2.05, 4.69) is 31.7 Å². The van der Waals surface area contributed by atoms with E-state index in [0.29, 0.717) is 29.8 Å². The second-order valence-electron chi connectivity index (χ2n) is 7.34. The molecule has 32 heavy (non-hydrogen) atoms. The minimum atomic E-state index is -0.0829. The van der Waals surface area contributed by atoms with Crippen LogP contribution in [-0.4, -0.2) is 40.6 Å². The number of amidine groups is 1. The van der Waals surface area contributed by atoms with Crippen LogP contribution < -0.4 is 21.1 Å². The average Bonchev–Trinajstić information content (AvgIpc) is 3.51. The third-order valence-corrected chi connectivity index (χ3v) is 4.81. The first-order valence-corrected chi connectivity index (χ1v) is 10.1. The number of aliphatic imine (C=N–C) groups is 2. The zero-order valence-electron chi connectivity index (χ0n) is 17.7. The van der Waals surface area contributed by atoms with Crippen molar-refractivity contribution in [3.8, 4) is 17.3 Å². The summed E-state index contributed by atoms with van der Waals surface area (Å²) in [6.07, 6.45) is 4.05. The van der Waals surface area contributed by atoms with Crippen LogP contribution in [0.15, 0.2) is 75.6 Å². The van der Waals surface area contributed by atoms with Gasteiger partial charge in [0.05, 0.1) is 12.2 Å². The van der Waals surface area contributed by atoms with Gasteiger partial charge in [-0.05, 0) is 37.0 Å². The van der Waals surface area contributed by atoms with E-state index in [9.17, 15) is 0 Å². The van der Waals surface area contributed by atoms with E-state index in [1.165, 1.54) is 12.8 Å². The number of ether oxygens (including phenoxy) is 1. The number of guanidine groups is 1. The average molecular weight is 432 g/mol. The Morgan fingerprint density at radius 2 is 1.97 bits per heavy atom. The lowest BCUT2D eigenvalue weighted by Crippen LogP contribution is -2.22. The molecule has 1 saturated carbocycles. The maximum atomic E-state index is 5.97. The molecule has 0 radical (unpaired) electrons. The highest BCUT2D eigenvalue weighted by atomic mass is 16.5. The number of rotatable bonds is 8. The zero-order chi connectivity index (χ0) is 22.5. The molecular formula is C22H24N8O2. The van der Waals surface area contributed by atoms with Gasteiger partial charge in [-0.2, -0.15) is 15.0 Å². The Bertz CT molecular complexity index is 1130. The van der Waals surface area contributed by atoms with Crippen molar-refractivity contribution in [3.63, 3.8) is 0 Å². The molecule has 0 saturated heterocycles. The number of para-hydroxylation sites is 1. The van der Waals surface area contributed by atoms with Gasteiger partial charge in [-0.25, -0.2) is 4.98 Å². The van der Waals surface area contributed by atoms with Crippen LogP contribution in [0.4, 0.5) is 5.69 Å². The molecule has 0 atom stereocenters. The summed E-state index contributed by atoms with van der Waals surface area (Å²) in [6, 6.07) is 13.2. The minimum Gasteiger partial charge on any atom is -0.477 e. The van der Waals surface area contributed by atoms with Gasteiger partial charge in [-0.1, -0.05) is 29.9 Å². The fourth-order valence-corrected chi connectivity index (χ4v) is 2.73. The Hall–Kier alpha value is -4.21. The molecule has 0 amide bonds. The normalized spacial score (nSPS) is 14.3. The van der Waals surface area contributed by atoms with Gasteiger partial charge in [0.15, 0.2) is 5.84 Å². The minimum absolute atomic E-state index is 0.0336. The standard InChI is InChI=1S/C22H24N8O2/c1-14(30(2)17-6-4-3-5-7-17)26-22(24)27-19(23)20-28-21(32-29-20)16-10-11-18(25-12-16)31-13-15-8-9-15/h3-7,10-12,15H,1,8-9,13H2,2H3,(H4,23,24,26,27). The van der Waals surface area contributed by atoms with Crippen LogP contribution in [0.25, 0.3) is 11.5 Å². The number of benzene rings is 1. The number of nitrogens with zero attached hydrogens (tertiary/aromatic N) is 6. The highest BCUT2D eigenvalue weighted by molar-refractivity contribution is 6.02. The van der Waals surface area contributed by atoms with Crippen LogP contribution in [0.3, 0.4) is 0 Å². The molecule has 0 unspecified atom stereocenters. The van der Waals surface area contributed by atoms with Crippen molar-refractivity contribution in [3.05, 3.63) is 66.9 Å². The van der Waals surface area contributed by atoms with Crippen LogP contribution in [-0.2, 0) is 0 Å². The molecule has 10 heteroatoms. The van der Waals surface area contributed by atoms with Gasteiger partial charge in [0.1, 0.15) is 5.82 Å². The molecule has 2 heterocycles. The summed E-state index contributed by atoms with van der Waals surface area (Å²) in [5, 5.41) is 3.85. The van der Waals surface area contributed by atoms with Gasteiger partial charge >= 0.3 is 0 Å². The van der Waals surface area contributed by atoms with Crippen LogP contribution in [0.2, 0.25) is 0 Å². The number of aromatic nitrogens is 3. The monoisotopic (exact) mass is 432 g/mol. The number of pyridine rings is 1. The van der Waals surface area contributed by atoms with Crippen molar-refractivity contribution in [2.75, 3.05) is 18.6 Å². The maximum absolute atomic E-state index is 5.97. The van der Waals surface area contributed by atoms with Gasteiger partial charge in [0, 0.05) is 25.0 Å². The largest absolute Gasteiger partial charge is 0.477 e. The molecule has 0 bridgehead atoms. The molecule has 0 aliphatic heterocycles. The van der Waals surface area contributed by atoms with Crippen LogP contribution >= 0.6 is 0 Å². The first-order chi connectivity index (χ1) is 15.5. The van der Waals surface area contributed by atoms with E-state index in [1.807, 2.05) is 37.4 Å². The summed E-state index contributed by atoms with van der Waals surface area (Å²) in [4.78, 5) is 18.5. The fourth-order valence-electron chi connectivity index (χ4n) is 2.73. The van der Waals surface area contributed by atoms with Gasteiger partial charge in [0.25, 0.3) is 5.89 Å². The summed E-state index contributed by atoms with van der Waals surface area (Å²) < 4.78 is 10.9. The second kappa shape index (κ2) is 9.29. The number of anilines is 1. The molecule has 1 aromatic carbocycles. The summed E-state index contributed by atoms with van der Waals surface area (Å²) in [5.41, 5.74) is 13.4. The van der Waals surface area contributed by atoms with E-state index in [0.717, 1.165) is 5.69 Å². The van der Waals surface area contributed by atoms with Crippen molar-refractivity contribution >= 4 is 17.5 Å². The lowest BCUT2D eigenvalue weighted by Gasteiger charge is -2.18. The molecule has 2 aromatic heterocycles. The molecule has 4 N–H and O–H groups in total. The summed E-state index contributed by atoms with van der Waals surface area (Å²) in [6.45, 7) is 4.60. The summed E-state index contributed by atoms with van der Waals surface area (Å²) in [5.74, 6) is 1.84. The number of nitrogens with two attached hydrogens (primary N) is 2. The molecule has 164 valence electrons. The Kier molecular flexibility index (Phi) is 6.11. The van der Waals surface area contributed by atoms with Crippen molar-refractivity contribution in [2.45, 2.75) is 12.8 Å². The molecule has 1 aliphatic carbocycles. The SMILES string of the molecule is C=C(/N=C(N)\N=C(/N)c1noc(-c2ccc(OCC3CC3)nc2)n1)N(C)c1ccccc1. The fraction of sp³-hybridized carbons (Fsp3) is 0.227. The van der Waals surface area contributed by atoms with Crippen molar-refractivity contribution < 1.29 is 9.26 Å². The molecule has 1 fully saturated rings. The third-order valence-electron chi connectivity index (χ3n) is 4.81. The van der Waals surface area contributed by atoms with Crippen molar-refractivity contribution in [1.29, 1.82) is 0 Å². The lowest BCUT2D eigenvalue weighted by atomic mass is 10.3. The predicted octanol–water partition coefficient (Wildman–Crippen LogP) is 2.55. The molecule has 4 rings (SSSR count). The molecule has 10 nitrogen and oxygen atoms in total. The van der Waals surface area contributed by atoms with Crippen LogP contribution in [0, 0.1) is 5.92 Å². The Morgan fingerprint density at radius 1 is 1.19 bits per heavy atom. The van der Waals surface area contributed by atoms with Crippen LogP contribution in [0.5, 0.6) is 5.88 Å². The molecule has 3 aromatic rings. The van der Waals surface area contributed by atoms with E-state index >= 15 is 0 Å². The van der Waals surface area contributed by atoms with E-state index in [4.69, 9.17) is 20.7 Å². The van der Waals surface area contributed by atoms with E-state index in [-0.39, 0.29) is 23.5 Å². The number of hydrogen-bond donors (Lipinski definition) is 2. The van der Waals surface area contributed by atoms with Crippen LogP contribution in [0.1, 0.15) is 18.7 Å². The highest BCUT2D eigenvalue weighted by Crippen LogP contribution is 2.29. The highest BCUT2D eigenvalue weighted by Gasteiger charge is 2.22. The van der Waals surface area contributed by atoms with E-state index in [1.54, 1.807) is 23.2 Å². The summed E-state index contributed by atoms with van der Waals surface area (Å²) in [7, 11) is 1.82. The predicted molar refractivity (Wildman–Crippen MR) is 122 cm³/mol. The van der Waals surface area contributed by atoms with Crippen molar-refractivity contribution in [1.82, 2.24) is 15.1 Å². The first-order valence-electron chi connectivity index (χ1n) is 10.1. The lowest BCUT2D eigenvalue weighted by molar-refractivity contribution is 0.288. The Balaban J connectivity index is 1.41. The maximum Gasteiger partial charge on any atom is 0.259 e. The van der Waals surface area contributed by atoms with Gasteiger partial charge < -0.3 is 25.6 Å². The topological polar surface area (TPSA) is 141 Å². The second-order valence-corrected chi connectivity index (χ2v) is 7.34. The number of hydrogen-bond acceptors (Lipinski definition) is 7. The smallest absolute Gasteiger partial charge is 0.259 e. The molecular weight excluding hydrogens is 408 g/mol. The Labute approximate surface area is 185 Å². The van der Waals surface area contributed by atoms with Gasteiger partial charge in [-0.15, -0.1) is 0 Å². The molecule has 0 spiro atoms. The first kappa shape index (κ1) is 21.0. The summed E-state index contributed by atoms with van der Waals surface area (Å²) >= 11 is 0. The van der Waals surface area contributed by atoms with E-state index < -0.39 is 0 Å². The zero-order valence-corrected chi connectivity index (χ0v) is 17.7. The third kappa shape index (κ3) is 5.28. The Morgan fingerprint density at radius 3 is 2.66 bits per heavy atom. The van der Waals surface area contributed by atoms with Gasteiger partial charge in [-0.3, -0.25) is 0 Å². The molecule has 1 aliphatic rings. The van der Waals surface area contributed by atoms with Gasteiger partial charge in [0.2, 0.25) is 17.7 Å².